The molecule has 0 amide bonds. The van der Waals surface area contributed by atoms with E-state index in [4.69, 9.17) is 14.5 Å². The second-order valence-corrected chi connectivity index (χ2v) is 5.05. The van der Waals surface area contributed by atoms with Gasteiger partial charge in [0.15, 0.2) is 0 Å². The normalized spacial score (nSPS) is 25.2. The minimum atomic E-state index is -4.10. The highest BCUT2D eigenvalue weighted by molar-refractivity contribution is 7.57. The predicted octanol–water partition coefficient (Wildman–Crippen LogP) is 0.0853. The van der Waals surface area contributed by atoms with Gasteiger partial charge in [-0.15, -0.1) is 4.89 Å². The Hall–Kier alpha value is 0.130. The average molecular weight is 230 g/mol. The minimum Gasteiger partial charge on any atom is -0.379 e. The Labute approximate surface area is 75.8 Å². The van der Waals surface area contributed by atoms with Gasteiger partial charge in [0.1, 0.15) is 0 Å². The first kappa shape index (κ1) is 11.2. The highest BCUT2D eigenvalue weighted by Crippen LogP contribution is 2.52. The molecular formula is C4H10NO6P2+. The van der Waals surface area contributed by atoms with E-state index in [1.807, 2.05) is 0 Å². The first-order valence-corrected chi connectivity index (χ1v) is 6.20. The maximum Gasteiger partial charge on any atom is 0.704 e. The molecule has 0 aliphatic carbocycles. The number of hydrogen-bond acceptors (Lipinski definition) is 4. The van der Waals surface area contributed by atoms with Crippen LogP contribution in [0.25, 0.3) is 0 Å². The van der Waals surface area contributed by atoms with Crippen molar-refractivity contribution in [3.8, 4) is 0 Å². The number of morpholine rings is 1. The maximum atomic E-state index is 11.2. The van der Waals surface area contributed by atoms with Crippen molar-refractivity contribution in [1.82, 2.24) is 4.67 Å². The molecule has 1 saturated heterocycles. The van der Waals surface area contributed by atoms with Crippen LogP contribution in [0.3, 0.4) is 0 Å². The lowest BCUT2D eigenvalue weighted by molar-refractivity contribution is 0.0618. The van der Waals surface area contributed by atoms with Gasteiger partial charge in [0.05, 0.1) is 13.2 Å². The molecule has 0 aromatic rings. The van der Waals surface area contributed by atoms with Crippen molar-refractivity contribution in [2.24, 2.45) is 0 Å². The molecule has 0 bridgehead atoms. The summed E-state index contributed by atoms with van der Waals surface area (Å²) in [5, 5.41) is 0. The summed E-state index contributed by atoms with van der Waals surface area (Å²) in [4.78, 5) is 17.5. The lowest BCUT2D eigenvalue weighted by Crippen LogP contribution is -2.33. The molecule has 76 valence electrons. The van der Waals surface area contributed by atoms with Gasteiger partial charge in [-0.25, -0.2) is 9.24 Å². The molecule has 0 radical (unpaired) electrons. The molecule has 1 aliphatic rings. The molecular weight excluding hydrogens is 220 g/mol. The van der Waals surface area contributed by atoms with E-state index in [2.05, 4.69) is 4.31 Å². The zero-order valence-electron chi connectivity index (χ0n) is 6.70. The van der Waals surface area contributed by atoms with Gasteiger partial charge in [-0.05, 0) is 4.31 Å². The first-order valence-electron chi connectivity index (χ1n) is 3.54. The van der Waals surface area contributed by atoms with Crippen molar-refractivity contribution in [3.63, 3.8) is 0 Å². The van der Waals surface area contributed by atoms with Gasteiger partial charge >= 0.3 is 16.0 Å². The smallest absolute Gasteiger partial charge is 0.379 e. The van der Waals surface area contributed by atoms with E-state index in [0.717, 1.165) is 4.67 Å². The summed E-state index contributed by atoms with van der Waals surface area (Å²) in [5.74, 6) is 0. The molecule has 2 atom stereocenters. The Balaban J connectivity index is 2.56. The fraction of sp³-hybridized carbons (Fsp3) is 1.00. The van der Waals surface area contributed by atoms with E-state index in [0.29, 0.717) is 13.2 Å². The third-order valence-electron chi connectivity index (χ3n) is 1.52. The molecule has 1 aliphatic heterocycles. The summed E-state index contributed by atoms with van der Waals surface area (Å²) in [6.07, 6.45) is 0. The Morgan fingerprint density at radius 3 is 2.46 bits per heavy atom. The number of hydrogen-bond donors (Lipinski definition) is 2. The molecule has 13 heavy (non-hydrogen) atoms. The lowest BCUT2D eigenvalue weighted by Gasteiger charge is -2.26. The van der Waals surface area contributed by atoms with Gasteiger partial charge in [0.2, 0.25) is 0 Å². The van der Waals surface area contributed by atoms with Crippen LogP contribution >= 0.6 is 16.0 Å². The number of nitrogens with zero attached hydrogens (tertiary/aromatic N) is 1. The molecule has 1 fully saturated rings. The summed E-state index contributed by atoms with van der Waals surface area (Å²) in [5.41, 5.74) is 0. The minimum absolute atomic E-state index is 0.219. The Morgan fingerprint density at radius 2 is 2.00 bits per heavy atom. The lowest BCUT2D eigenvalue weighted by atomic mass is 10.5. The second-order valence-electron chi connectivity index (χ2n) is 2.38. The van der Waals surface area contributed by atoms with Crippen molar-refractivity contribution in [3.05, 3.63) is 0 Å². The van der Waals surface area contributed by atoms with Crippen molar-refractivity contribution in [1.29, 1.82) is 0 Å². The molecule has 2 unspecified atom stereocenters. The highest BCUT2D eigenvalue weighted by atomic mass is 31.2. The zero-order valence-corrected chi connectivity index (χ0v) is 8.49. The fourth-order valence-electron chi connectivity index (χ4n) is 0.949. The number of ether oxygens (including phenoxy) is 1. The molecule has 9 heteroatoms. The van der Waals surface area contributed by atoms with E-state index in [9.17, 15) is 9.13 Å². The van der Waals surface area contributed by atoms with Crippen LogP contribution in [0.15, 0.2) is 0 Å². The van der Waals surface area contributed by atoms with Gasteiger partial charge in [0, 0.05) is 17.7 Å². The van der Waals surface area contributed by atoms with E-state index in [1.54, 1.807) is 0 Å². The van der Waals surface area contributed by atoms with E-state index in [-0.39, 0.29) is 13.1 Å². The van der Waals surface area contributed by atoms with Crippen molar-refractivity contribution >= 4 is 16.0 Å². The second kappa shape index (κ2) is 4.57. The quantitative estimate of drug-likeness (QED) is 0.663. The van der Waals surface area contributed by atoms with Gasteiger partial charge < -0.3 is 9.63 Å². The third-order valence-corrected chi connectivity index (χ3v) is 4.05. The molecule has 0 aromatic carbocycles. The average Bonchev–Trinajstić information content (AvgIpc) is 2.04. The van der Waals surface area contributed by atoms with Crippen LogP contribution in [0.1, 0.15) is 0 Å². The fourth-order valence-corrected chi connectivity index (χ4v) is 2.76. The molecule has 7 nitrogen and oxygen atoms in total. The zero-order chi connectivity index (χ0) is 9.90. The van der Waals surface area contributed by atoms with Crippen LogP contribution in [0.4, 0.5) is 0 Å². The van der Waals surface area contributed by atoms with E-state index < -0.39 is 16.0 Å². The van der Waals surface area contributed by atoms with Crippen LogP contribution in [0.2, 0.25) is 0 Å². The molecule has 2 N–H and O–H groups in total. The van der Waals surface area contributed by atoms with Gasteiger partial charge in [-0.3, -0.25) is 0 Å². The topological polar surface area (TPSA) is 96.3 Å². The summed E-state index contributed by atoms with van der Waals surface area (Å²) in [6, 6.07) is 0. The Bertz CT molecular complexity index is 239. The maximum absolute atomic E-state index is 11.2. The molecule has 0 aromatic heterocycles. The van der Waals surface area contributed by atoms with Gasteiger partial charge in [0.25, 0.3) is 0 Å². The van der Waals surface area contributed by atoms with Crippen molar-refractivity contribution in [2.45, 2.75) is 0 Å². The molecule has 1 rings (SSSR count). The summed E-state index contributed by atoms with van der Waals surface area (Å²) >= 11 is 0. The summed E-state index contributed by atoms with van der Waals surface area (Å²) < 4.78 is 31.5. The number of rotatable bonds is 3. The third kappa shape index (κ3) is 3.40. The largest absolute Gasteiger partial charge is 0.704 e. The Morgan fingerprint density at radius 1 is 1.46 bits per heavy atom. The van der Waals surface area contributed by atoms with Crippen molar-refractivity contribution in [2.75, 3.05) is 26.3 Å². The molecule has 1 heterocycles. The Kier molecular flexibility index (Phi) is 3.94. The van der Waals surface area contributed by atoms with Crippen LogP contribution in [0, 0.1) is 0 Å². The van der Waals surface area contributed by atoms with E-state index in [1.165, 1.54) is 0 Å². The van der Waals surface area contributed by atoms with Crippen LogP contribution < -0.4 is 0 Å². The molecule has 0 saturated carbocycles. The first-order chi connectivity index (χ1) is 6.02. The van der Waals surface area contributed by atoms with Gasteiger partial charge in [-0.1, -0.05) is 0 Å². The standard InChI is InChI=1S/C4H9NO6P2/c6-12(7)11-13(8,9)5-1-3-10-4-2-5/h1-4H2,(H-,6,7,8,9)/p+1. The summed E-state index contributed by atoms with van der Waals surface area (Å²) in [7, 11) is -7.16. The van der Waals surface area contributed by atoms with Crippen LogP contribution in [-0.2, 0) is 18.2 Å². The van der Waals surface area contributed by atoms with Crippen LogP contribution in [0.5, 0.6) is 0 Å². The van der Waals surface area contributed by atoms with Crippen molar-refractivity contribution < 1.29 is 28.0 Å². The van der Waals surface area contributed by atoms with E-state index >= 15 is 0 Å². The predicted molar refractivity (Wildman–Crippen MR) is 43.1 cm³/mol. The SMILES string of the molecule is O=[P+](O)OP(=O)(O)N1CCOCC1. The molecule has 0 spiro atoms. The summed E-state index contributed by atoms with van der Waals surface area (Å²) in [6.45, 7) is 1.07. The van der Waals surface area contributed by atoms with Crippen LogP contribution in [-0.4, -0.2) is 40.8 Å². The highest BCUT2D eigenvalue weighted by Gasteiger charge is 2.40. The monoisotopic (exact) mass is 230 g/mol. The van der Waals surface area contributed by atoms with Gasteiger partial charge in [-0.2, -0.15) is 0 Å².